The minimum absolute atomic E-state index is 0.112. The van der Waals surface area contributed by atoms with Crippen LogP contribution in [0, 0.1) is 18.8 Å². The fourth-order valence-corrected chi connectivity index (χ4v) is 6.15. The maximum atomic E-state index is 13.6. The van der Waals surface area contributed by atoms with Crippen LogP contribution < -0.4 is 0 Å². The molecule has 0 radical (unpaired) electrons. The van der Waals surface area contributed by atoms with E-state index in [4.69, 9.17) is 4.74 Å². The van der Waals surface area contributed by atoms with Crippen molar-refractivity contribution in [1.82, 2.24) is 4.40 Å². The second kappa shape index (κ2) is 9.53. The van der Waals surface area contributed by atoms with Gasteiger partial charge in [-0.15, -0.1) is 29.0 Å². The summed E-state index contributed by atoms with van der Waals surface area (Å²) in [6, 6.07) is 11.2. The quantitative estimate of drug-likeness (QED) is 0.121. The van der Waals surface area contributed by atoms with Gasteiger partial charge in [0, 0.05) is 21.6 Å². The lowest BCUT2D eigenvalue weighted by Crippen LogP contribution is -2.06. The van der Waals surface area contributed by atoms with Crippen molar-refractivity contribution in [2.75, 3.05) is 12.4 Å². The number of hydrogen-bond acceptors (Lipinski definition) is 5. The number of pyridine rings is 1. The van der Waals surface area contributed by atoms with Crippen LogP contribution in [0.5, 0.6) is 0 Å². The molecular formula is C25H20BrNO3S2. The highest BCUT2D eigenvalue weighted by Gasteiger charge is 2.29. The number of ketones is 1. The van der Waals surface area contributed by atoms with Crippen molar-refractivity contribution in [2.45, 2.75) is 25.0 Å². The van der Waals surface area contributed by atoms with E-state index >= 15 is 0 Å². The molecule has 4 rings (SSSR count). The second-order valence-electron chi connectivity index (χ2n) is 7.05. The molecule has 3 aromatic heterocycles. The highest BCUT2D eigenvalue weighted by molar-refractivity contribution is 9.10. The first kappa shape index (κ1) is 22.7. The molecule has 0 spiro atoms. The summed E-state index contributed by atoms with van der Waals surface area (Å²) < 4.78 is 9.26. The number of esters is 1. The summed E-state index contributed by atoms with van der Waals surface area (Å²) in [5.41, 5.74) is 3.64. The predicted molar refractivity (Wildman–Crippen MR) is 135 cm³/mol. The number of benzene rings is 1. The van der Waals surface area contributed by atoms with Crippen LogP contribution in [0.2, 0.25) is 0 Å². The molecule has 4 aromatic rings. The average Bonchev–Trinajstić information content (AvgIpc) is 3.29. The van der Waals surface area contributed by atoms with E-state index in [-0.39, 0.29) is 12.4 Å². The Bertz CT molecular complexity index is 1400. The number of halogens is 1. The highest BCUT2D eigenvalue weighted by atomic mass is 79.9. The first-order valence-corrected chi connectivity index (χ1v) is 12.6. The summed E-state index contributed by atoms with van der Waals surface area (Å²) in [5, 5.41) is 0.652. The molecule has 7 heteroatoms. The Labute approximate surface area is 203 Å². The van der Waals surface area contributed by atoms with Gasteiger partial charge in [-0.05, 0) is 62.7 Å². The van der Waals surface area contributed by atoms with Crippen LogP contribution in [0.15, 0.2) is 51.3 Å². The number of nitrogens with zero attached hydrogens (tertiary/aromatic N) is 1. The van der Waals surface area contributed by atoms with E-state index in [0.29, 0.717) is 27.1 Å². The average molecular weight is 526 g/mol. The van der Waals surface area contributed by atoms with E-state index in [9.17, 15) is 9.59 Å². The van der Waals surface area contributed by atoms with Gasteiger partial charge in [-0.25, -0.2) is 4.79 Å². The number of fused-ring (bicyclic) bond motifs is 3. The van der Waals surface area contributed by atoms with E-state index in [1.165, 1.54) is 11.3 Å². The third-order valence-corrected chi connectivity index (χ3v) is 7.80. The molecule has 1 aromatic carbocycles. The molecule has 0 unspecified atom stereocenters. The lowest BCUT2D eigenvalue weighted by molar-refractivity contribution is 0.0531. The summed E-state index contributed by atoms with van der Waals surface area (Å²) >= 11 is 6.41. The number of aryl methyl sites for hydroxylation is 1. The Morgan fingerprint density at radius 2 is 1.97 bits per heavy atom. The zero-order chi connectivity index (χ0) is 22.8. The van der Waals surface area contributed by atoms with Gasteiger partial charge in [0.05, 0.1) is 38.0 Å². The van der Waals surface area contributed by atoms with Crippen molar-refractivity contribution in [3.63, 3.8) is 0 Å². The van der Waals surface area contributed by atoms with E-state index in [1.54, 1.807) is 37.7 Å². The van der Waals surface area contributed by atoms with Crippen molar-refractivity contribution >= 4 is 67.2 Å². The number of carbonyl (C=O) groups excluding carboxylic acids is 2. The largest absolute Gasteiger partial charge is 0.462 e. The first-order chi connectivity index (χ1) is 15.5. The summed E-state index contributed by atoms with van der Waals surface area (Å²) in [6.45, 7) is 5.83. The zero-order valence-corrected chi connectivity index (χ0v) is 21.0. The molecule has 0 aliphatic rings. The molecular weight excluding hydrogens is 506 g/mol. The molecule has 3 heterocycles. The fourth-order valence-electron chi connectivity index (χ4n) is 3.55. The van der Waals surface area contributed by atoms with Crippen LogP contribution in [0.3, 0.4) is 0 Å². The topological polar surface area (TPSA) is 47.8 Å². The van der Waals surface area contributed by atoms with Gasteiger partial charge in [0.15, 0.2) is 0 Å². The Kier molecular flexibility index (Phi) is 6.75. The van der Waals surface area contributed by atoms with Crippen LogP contribution in [0.4, 0.5) is 0 Å². The summed E-state index contributed by atoms with van der Waals surface area (Å²) in [4.78, 5) is 27.2. The number of aromatic nitrogens is 1. The lowest BCUT2D eigenvalue weighted by Gasteiger charge is -2.05. The van der Waals surface area contributed by atoms with Crippen LogP contribution in [0.25, 0.3) is 16.4 Å². The van der Waals surface area contributed by atoms with Gasteiger partial charge in [0.1, 0.15) is 0 Å². The number of carbonyl (C=O) groups is 2. The molecule has 0 saturated heterocycles. The smallest absolute Gasteiger partial charge is 0.341 e. The van der Waals surface area contributed by atoms with Gasteiger partial charge >= 0.3 is 5.97 Å². The molecule has 0 aliphatic heterocycles. The van der Waals surface area contributed by atoms with Gasteiger partial charge in [0.25, 0.3) is 0 Å². The Balaban J connectivity index is 2.05. The van der Waals surface area contributed by atoms with Crippen LogP contribution >= 0.6 is 39.0 Å². The molecule has 4 nitrogen and oxygen atoms in total. The fraction of sp³-hybridized carbons (Fsp3) is 0.200. The van der Waals surface area contributed by atoms with Crippen LogP contribution in [-0.4, -0.2) is 28.5 Å². The number of ether oxygens (including phenoxy) is 1. The van der Waals surface area contributed by atoms with Crippen molar-refractivity contribution in [1.29, 1.82) is 0 Å². The monoisotopic (exact) mass is 525 g/mol. The maximum absolute atomic E-state index is 13.6. The molecule has 0 fully saturated rings. The van der Waals surface area contributed by atoms with Crippen molar-refractivity contribution in [2.24, 2.45) is 0 Å². The number of thioether (sulfide) groups is 1. The third-order valence-electron chi connectivity index (χ3n) is 4.95. The highest BCUT2D eigenvalue weighted by Crippen LogP contribution is 2.44. The molecule has 0 aliphatic carbocycles. The molecule has 0 N–H and O–H groups in total. The molecule has 0 atom stereocenters. The van der Waals surface area contributed by atoms with E-state index in [2.05, 4.69) is 27.8 Å². The van der Waals surface area contributed by atoms with E-state index < -0.39 is 5.97 Å². The number of thiophene rings is 1. The lowest BCUT2D eigenvalue weighted by atomic mass is 10.1. The zero-order valence-electron chi connectivity index (χ0n) is 17.8. The van der Waals surface area contributed by atoms with Gasteiger partial charge in [-0.3, -0.25) is 4.79 Å². The second-order valence-corrected chi connectivity index (χ2v) is 10.2. The van der Waals surface area contributed by atoms with Crippen molar-refractivity contribution in [3.05, 3.63) is 68.6 Å². The third kappa shape index (κ3) is 4.11. The SMILES string of the molecule is CC#CCSc1sc(C(=O)c2ccc(Br)cc2)c2c(C(=O)OCC)c3cc(C)ccn3c12. The summed E-state index contributed by atoms with van der Waals surface area (Å²) in [6.07, 6.45) is 1.95. The standard InChI is InChI=1S/C25H20BrNO3S2/c1-4-6-13-31-25-21-20(23(32-25)22(28)16-7-9-17(26)10-8-16)19(24(29)30-5-2)18-14-15(3)11-12-27(18)21/h7-12,14H,5,13H2,1-3H3. The molecule has 0 saturated carbocycles. The maximum Gasteiger partial charge on any atom is 0.341 e. The van der Waals surface area contributed by atoms with Crippen molar-refractivity contribution < 1.29 is 14.3 Å². The predicted octanol–water partition coefficient (Wildman–Crippen LogP) is 6.75. The molecule has 162 valence electrons. The van der Waals surface area contributed by atoms with E-state index in [0.717, 1.165) is 25.3 Å². The van der Waals surface area contributed by atoms with Gasteiger partial charge in [-0.1, -0.05) is 21.9 Å². The van der Waals surface area contributed by atoms with Crippen LogP contribution in [0.1, 0.15) is 45.0 Å². The van der Waals surface area contributed by atoms with Gasteiger partial charge in [0.2, 0.25) is 5.78 Å². The Morgan fingerprint density at radius 3 is 2.66 bits per heavy atom. The Hall–Kier alpha value is -2.53. The van der Waals surface area contributed by atoms with Crippen molar-refractivity contribution in [3.8, 4) is 11.8 Å². The normalized spacial score (nSPS) is 10.9. The minimum atomic E-state index is -0.418. The number of hydrogen-bond donors (Lipinski definition) is 0. The molecule has 0 amide bonds. The van der Waals surface area contributed by atoms with Gasteiger partial charge < -0.3 is 9.14 Å². The van der Waals surface area contributed by atoms with Crippen LogP contribution in [-0.2, 0) is 4.74 Å². The summed E-state index contributed by atoms with van der Waals surface area (Å²) in [7, 11) is 0. The molecule has 32 heavy (non-hydrogen) atoms. The summed E-state index contributed by atoms with van der Waals surface area (Å²) in [5.74, 6) is 6.06. The minimum Gasteiger partial charge on any atom is -0.462 e. The Morgan fingerprint density at radius 1 is 1.22 bits per heavy atom. The van der Waals surface area contributed by atoms with Gasteiger partial charge in [-0.2, -0.15) is 0 Å². The molecule has 0 bridgehead atoms. The number of rotatable bonds is 6. The van der Waals surface area contributed by atoms with E-state index in [1.807, 2.05) is 41.8 Å². The first-order valence-electron chi connectivity index (χ1n) is 10.0.